The molecule has 0 radical (unpaired) electrons. The first-order valence-electron chi connectivity index (χ1n) is 5.98. The summed E-state index contributed by atoms with van der Waals surface area (Å²) in [5, 5.41) is 4.44. The van der Waals surface area contributed by atoms with E-state index in [9.17, 15) is 0 Å². The maximum absolute atomic E-state index is 5.99. The molecule has 2 aromatic heterocycles. The number of hydrogen-bond acceptors (Lipinski definition) is 3. The summed E-state index contributed by atoms with van der Waals surface area (Å²) in [6, 6.07) is 2.02. The molecule has 0 aliphatic heterocycles. The summed E-state index contributed by atoms with van der Waals surface area (Å²) >= 11 is 5.99. The van der Waals surface area contributed by atoms with Gasteiger partial charge in [-0.1, -0.05) is 13.8 Å². The lowest BCUT2D eigenvalue weighted by atomic mass is 10.2. The van der Waals surface area contributed by atoms with Crippen LogP contribution in [0.15, 0.2) is 12.3 Å². The number of rotatable bonds is 3. The van der Waals surface area contributed by atoms with Crippen LogP contribution in [0, 0.1) is 13.8 Å². The summed E-state index contributed by atoms with van der Waals surface area (Å²) in [4.78, 5) is 8.90. The van der Waals surface area contributed by atoms with Crippen LogP contribution in [0.1, 0.15) is 42.7 Å². The van der Waals surface area contributed by atoms with Crippen molar-refractivity contribution >= 4 is 11.6 Å². The standard InChI is InChI=1S/C13H17ClN4/c1-8(2)13-15-7-12(11(6-14)16-13)18-10(4)5-9(3)17-18/h5,7-8H,6H2,1-4H3. The van der Waals surface area contributed by atoms with Gasteiger partial charge in [0.25, 0.3) is 0 Å². The molecule has 2 heterocycles. The number of aromatic nitrogens is 4. The van der Waals surface area contributed by atoms with Gasteiger partial charge in [0, 0.05) is 11.6 Å². The topological polar surface area (TPSA) is 43.6 Å². The van der Waals surface area contributed by atoms with E-state index in [1.54, 1.807) is 6.20 Å². The molecule has 0 unspecified atom stereocenters. The minimum atomic E-state index is 0.293. The normalized spacial score (nSPS) is 11.2. The molecule has 0 aliphatic carbocycles. The molecule has 18 heavy (non-hydrogen) atoms. The fraction of sp³-hybridized carbons (Fsp3) is 0.462. The van der Waals surface area contributed by atoms with Crippen LogP contribution >= 0.6 is 11.6 Å². The third-order valence-corrected chi connectivity index (χ3v) is 3.00. The molecular formula is C13H17ClN4. The Kier molecular flexibility index (Phi) is 3.66. The minimum Gasteiger partial charge on any atom is -0.239 e. The number of aryl methyl sites for hydroxylation is 2. The Bertz CT molecular complexity index is 560. The Morgan fingerprint density at radius 2 is 2.06 bits per heavy atom. The van der Waals surface area contributed by atoms with E-state index in [-0.39, 0.29) is 0 Å². The maximum atomic E-state index is 5.99. The number of hydrogen-bond donors (Lipinski definition) is 0. The molecule has 0 amide bonds. The Hall–Kier alpha value is -1.42. The SMILES string of the molecule is Cc1cc(C)n(-c2cnc(C(C)C)nc2CCl)n1. The molecule has 0 saturated carbocycles. The number of halogens is 1. The van der Waals surface area contributed by atoms with Gasteiger partial charge in [-0.2, -0.15) is 5.10 Å². The summed E-state index contributed by atoms with van der Waals surface area (Å²) in [6.45, 7) is 8.11. The second kappa shape index (κ2) is 5.06. The smallest absolute Gasteiger partial charge is 0.131 e. The van der Waals surface area contributed by atoms with Gasteiger partial charge >= 0.3 is 0 Å². The predicted molar refractivity (Wildman–Crippen MR) is 72.3 cm³/mol. The molecule has 0 aliphatic rings. The van der Waals surface area contributed by atoms with Crippen LogP contribution < -0.4 is 0 Å². The van der Waals surface area contributed by atoms with Crippen molar-refractivity contribution < 1.29 is 0 Å². The summed E-state index contributed by atoms with van der Waals surface area (Å²) in [6.07, 6.45) is 1.81. The van der Waals surface area contributed by atoms with Crippen molar-refractivity contribution in [3.8, 4) is 5.69 Å². The first-order chi connectivity index (χ1) is 8.52. The van der Waals surface area contributed by atoms with Gasteiger partial charge in [-0.25, -0.2) is 14.6 Å². The van der Waals surface area contributed by atoms with Crippen molar-refractivity contribution in [2.45, 2.75) is 39.5 Å². The van der Waals surface area contributed by atoms with E-state index in [1.807, 2.05) is 24.6 Å². The number of alkyl halides is 1. The highest BCUT2D eigenvalue weighted by molar-refractivity contribution is 6.17. The van der Waals surface area contributed by atoms with Gasteiger partial charge in [-0.05, 0) is 19.9 Å². The third-order valence-electron chi connectivity index (χ3n) is 2.75. The van der Waals surface area contributed by atoms with E-state index in [2.05, 4.69) is 28.9 Å². The van der Waals surface area contributed by atoms with Crippen LogP contribution in [-0.2, 0) is 5.88 Å². The fourth-order valence-corrected chi connectivity index (χ4v) is 2.05. The van der Waals surface area contributed by atoms with Crippen LogP contribution in [-0.4, -0.2) is 19.7 Å². The Labute approximate surface area is 112 Å². The number of nitrogens with zero attached hydrogens (tertiary/aromatic N) is 4. The molecule has 0 atom stereocenters. The van der Waals surface area contributed by atoms with E-state index < -0.39 is 0 Å². The Morgan fingerprint density at radius 3 is 2.56 bits per heavy atom. The first kappa shape index (κ1) is 13.0. The highest BCUT2D eigenvalue weighted by Gasteiger charge is 2.13. The van der Waals surface area contributed by atoms with Crippen molar-refractivity contribution in [3.63, 3.8) is 0 Å². The molecule has 96 valence electrons. The van der Waals surface area contributed by atoms with Crippen LogP contribution in [0.5, 0.6) is 0 Å². The predicted octanol–water partition coefficient (Wildman–Crippen LogP) is 3.14. The molecule has 2 aromatic rings. The van der Waals surface area contributed by atoms with Crippen molar-refractivity contribution in [1.29, 1.82) is 0 Å². The van der Waals surface area contributed by atoms with E-state index >= 15 is 0 Å². The fourth-order valence-electron chi connectivity index (χ4n) is 1.85. The second-order valence-corrected chi connectivity index (χ2v) is 4.95. The average molecular weight is 265 g/mol. The first-order valence-corrected chi connectivity index (χ1v) is 6.51. The molecule has 2 rings (SSSR count). The summed E-state index contributed by atoms with van der Waals surface area (Å²) < 4.78 is 1.84. The van der Waals surface area contributed by atoms with Crippen LogP contribution in [0.3, 0.4) is 0 Å². The molecule has 0 saturated heterocycles. The molecule has 0 fully saturated rings. The minimum absolute atomic E-state index is 0.293. The maximum Gasteiger partial charge on any atom is 0.131 e. The lowest BCUT2D eigenvalue weighted by molar-refractivity contribution is 0.742. The van der Waals surface area contributed by atoms with Gasteiger partial charge in [-0.15, -0.1) is 11.6 Å². The Balaban J connectivity index is 2.54. The summed E-state index contributed by atoms with van der Waals surface area (Å²) in [7, 11) is 0. The van der Waals surface area contributed by atoms with Crippen molar-refractivity contribution in [3.05, 3.63) is 35.2 Å². The van der Waals surface area contributed by atoms with E-state index in [4.69, 9.17) is 11.6 Å². The van der Waals surface area contributed by atoms with Crippen LogP contribution in [0.4, 0.5) is 0 Å². The molecule has 0 spiro atoms. The molecular weight excluding hydrogens is 248 g/mol. The summed E-state index contributed by atoms with van der Waals surface area (Å²) in [5.74, 6) is 1.47. The van der Waals surface area contributed by atoms with E-state index in [0.29, 0.717) is 11.8 Å². The molecule has 0 aromatic carbocycles. The average Bonchev–Trinajstić information content (AvgIpc) is 2.67. The van der Waals surface area contributed by atoms with Crippen molar-refractivity contribution in [2.24, 2.45) is 0 Å². The zero-order chi connectivity index (χ0) is 13.3. The van der Waals surface area contributed by atoms with Gasteiger partial charge in [0.05, 0.1) is 23.5 Å². The van der Waals surface area contributed by atoms with Crippen molar-refractivity contribution in [1.82, 2.24) is 19.7 Å². The van der Waals surface area contributed by atoms with Gasteiger partial charge in [0.2, 0.25) is 0 Å². The van der Waals surface area contributed by atoms with Crippen molar-refractivity contribution in [2.75, 3.05) is 0 Å². The second-order valence-electron chi connectivity index (χ2n) is 4.69. The quantitative estimate of drug-likeness (QED) is 0.800. The third kappa shape index (κ3) is 2.38. The van der Waals surface area contributed by atoms with Gasteiger partial charge in [0.15, 0.2) is 0 Å². The lowest BCUT2D eigenvalue weighted by Crippen LogP contribution is -2.08. The summed E-state index contributed by atoms with van der Waals surface area (Å²) in [5.41, 5.74) is 3.71. The van der Waals surface area contributed by atoms with Crippen LogP contribution in [0.2, 0.25) is 0 Å². The molecule has 4 nitrogen and oxygen atoms in total. The van der Waals surface area contributed by atoms with Gasteiger partial charge in [0.1, 0.15) is 11.5 Å². The van der Waals surface area contributed by atoms with Gasteiger partial charge in [-0.3, -0.25) is 0 Å². The highest BCUT2D eigenvalue weighted by Crippen LogP contribution is 2.18. The Morgan fingerprint density at radius 1 is 1.33 bits per heavy atom. The van der Waals surface area contributed by atoms with Gasteiger partial charge < -0.3 is 0 Å². The molecule has 5 heteroatoms. The zero-order valence-corrected chi connectivity index (χ0v) is 11.9. The van der Waals surface area contributed by atoms with E-state index in [0.717, 1.165) is 28.6 Å². The molecule has 0 bridgehead atoms. The zero-order valence-electron chi connectivity index (χ0n) is 11.1. The monoisotopic (exact) mass is 264 g/mol. The van der Waals surface area contributed by atoms with Crippen LogP contribution in [0.25, 0.3) is 5.69 Å². The lowest BCUT2D eigenvalue weighted by Gasteiger charge is -2.11. The van der Waals surface area contributed by atoms with E-state index in [1.165, 1.54) is 0 Å². The molecule has 0 N–H and O–H groups in total. The largest absolute Gasteiger partial charge is 0.239 e. The highest BCUT2D eigenvalue weighted by atomic mass is 35.5.